The molecular weight excluding hydrogens is 341 g/mol. The van der Waals surface area contributed by atoms with Crippen LogP contribution in [0, 0.1) is 15.9 Å². The topological polar surface area (TPSA) is 105 Å². The number of fused-ring (bicyclic) bond motifs is 1. The minimum absolute atomic E-state index is 0.101. The molecule has 3 aromatic rings. The number of carbonyl (C=O) groups is 1. The van der Waals surface area contributed by atoms with E-state index in [-0.39, 0.29) is 28.7 Å². The van der Waals surface area contributed by atoms with Gasteiger partial charge in [0.25, 0.3) is 11.6 Å². The van der Waals surface area contributed by atoms with E-state index < -0.39 is 22.8 Å². The molecule has 0 aliphatic carbocycles. The maximum absolute atomic E-state index is 12.9. The van der Waals surface area contributed by atoms with E-state index >= 15 is 0 Å². The molecule has 1 atom stereocenters. The third-order valence-electron chi connectivity index (χ3n) is 3.90. The zero-order valence-electron chi connectivity index (χ0n) is 13.4. The monoisotopic (exact) mass is 355 g/mol. The van der Waals surface area contributed by atoms with Crippen molar-refractivity contribution >= 4 is 22.5 Å². The van der Waals surface area contributed by atoms with Crippen LogP contribution in [0.5, 0.6) is 0 Å². The Balaban J connectivity index is 1.81. The quantitative estimate of drug-likeness (QED) is 0.541. The van der Waals surface area contributed by atoms with Crippen LogP contribution in [0.3, 0.4) is 0 Å². The average molecular weight is 355 g/mol. The van der Waals surface area contributed by atoms with Gasteiger partial charge in [0.2, 0.25) is 0 Å². The van der Waals surface area contributed by atoms with Crippen molar-refractivity contribution in [2.45, 2.75) is 6.10 Å². The summed E-state index contributed by atoms with van der Waals surface area (Å²) in [5.41, 5.74) is 0.683. The normalized spacial score (nSPS) is 11.9. The molecule has 0 radical (unpaired) electrons. The lowest BCUT2D eigenvalue weighted by Crippen LogP contribution is -2.28. The third-order valence-corrected chi connectivity index (χ3v) is 3.90. The fraction of sp³-hybridized carbons (Fsp3) is 0.111. The SMILES string of the molecule is O=C(NCC(O)c1ccc(F)cc1)c1ccc([N+](=O)[O-])c2cccnc12. The Bertz CT molecular complexity index is 976. The van der Waals surface area contributed by atoms with Crippen LogP contribution in [-0.4, -0.2) is 27.5 Å². The van der Waals surface area contributed by atoms with Crippen molar-refractivity contribution in [3.05, 3.63) is 81.8 Å². The molecule has 26 heavy (non-hydrogen) atoms. The van der Waals surface area contributed by atoms with E-state index in [1.807, 2.05) is 0 Å². The van der Waals surface area contributed by atoms with E-state index in [1.54, 1.807) is 6.07 Å². The molecule has 0 spiro atoms. The number of nitro groups is 1. The molecule has 0 bridgehead atoms. The maximum atomic E-state index is 12.9. The molecule has 0 fully saturated rings. The molecule has 7 nitrogen and oxygen atoms in total. The standard InChI is InChI=1S/C18H14FN3O4/c19-12-5-3-11(4-6-12)16(23)10-21-18(24)14-7-8-15(22(25)26)13-2-1-9-20-17(13)14/h1-9,16,23H,10H2,(H,21,24). The zero-order valence-corrected chi connectivity index (χ0v) is 13.4. The zero-order chi connectivity index (χ0) is 18.7. The number of hydrogen-bond donors (Lipinski definition) is 2. The van der Waals surface area contributed by atoms with Gasteiger partial charge in [0.05, 0.1) is 27.5 Å². The fourth-order valence-corrected chi connectivity index (χ4v) is 2.59. The van der Waals surface area contributed by atoms with Crippen LogP contribution in [0.4, 0.5) is 10.1 Å². The Kier molecular flexibility index (Phi) is 4.85. The highest BCUT2D eigenvalue weighted by molar-refractivity contribution is 6.07. The lowest BCUT2D eigenvalue weighted by Gasteiger charge is -2.13. The summed E-state index contributed by atoms with van der Waals surface area (Å²) < 4.78 is 12.9. The molecular formula is C18H14FN3O4. The molecule has 0 saturated heterocycles. The molecule has 1 amide bonds. The second-order valence-corrected chi connectivity index (χ2v) is 5.57. The number of rotatable bonds is 5. The van der Waals surface area contributed by atoms with Gasteiger partial charge < -0.3 is 10.4 Å². The number of aromatic nitrogens is 1. The van der Waals surface area contributed by atoms with Gasteiger partial charge in [-0.15, -0.1) is 0 Å². The molecule has 8 heteroatoms. The molecule has 0 aliphatic rings. The summed E-state index contributed by atoms with van der Waals surface area (Å²) >= 11 is 0. The molecule has 1 heterocycles. The molecule has 2 N–H and O–H groups in total. The lowest BCUT2D eigenvalue weighted by atomic mass is 10.1. The Morgan fingerprint density at radius 2 is 1.96 bits per heavy atom. The second-order valence-electron chi connectivity index (χ2n) is 5.57. The number of pyridine rings is 1. The lowest BCUT2D eigenvalue weighted by molar-refractivity contribution is -0.383. The summed E-state index contributed by atoms with van der Waals surface area (Å²) in [5, 5.41) is 24.0. The van der Waals surface area contributed by atoms with Gasteiger partial charge >= 0.3 is 0 Å². The van der Waals surface area contributed by atoms with Crippen molar-refractivity contribution in [1.29, 1.82) is 0 Å². The van der Waals surface area contributed by atoms with E-state index in [1.165, 1.54) is 48.7 Å². The highest BCUT2D eigenvalue weighted by atomic mass is 19.1. The van der Waals surface area contributed by atoms with E-state index in [2.05, 4.69) is 10.3 Å². The molecule has 3 rings (SSSR count). The average Bonchev–Trinajstić information content (AvgIpc) is 2.65. The molecule has 0 aliphatic heterocycles. The van der Waals surface area contributed by atoms with Gasteiger partial charge in [-0.25, -0.2) is 4.39 Å². The number of aliphatic hydroxyl groups excluding tert-OH is 1. The first-order valence-electron chi connectivity index (χ1n) is 7.71. The molecule has 132 valence electrons. The number of carbonyl (C=O) groups excluding carboxylic acids is 1. The van der Waals surface area contributed by atoms with E-state index in [0.29, 0.717) is 5.56 Å². The summed E-state index contributed by atoms with van der Waals surface area (Å²) in [5.74, 6) is -0.946. The maximum Gasteiger partial charge on any atom is 0.278 e. The second kappa shape index (κ2) is 7.24. The van der Waals surface area contributed by atoms with Crippen LogP contribution in [0.15, 0.2) is 54.7 Å². The Morgan fingerprint density at radius 3 is 2.65 bits per heavy atom. The predicted molar refractivity (Wildman–Crippen MR) is 92.1 cm³/mol. The van der Waals surface area contributed by atoms with Gasteiger partial charge in [0.1, 0.15) is 5.82 Å². The Labute approximate surface area is 147 Å². The highest BCUT2D eigenvalue weighted by Crippen LogP contribution is 2.26. The number of hydrogen-bond acceptors (Lipinski definition) is 5. The number of amides is 1. The summed E-state index contributed by atoms with van der Waals surface area (Å²) in [7, 11) is 0. The van der Waals surface area contributed by atoms with E-state index in [0.717, 1.165) is 0 Å². The molecule has 1 unspecified atom stereocenters. The molecule has 2 aromatic carbocycles. The van der Waals surface area contributed by atoms with Crippen molar-refractivity contribution in [2.24, 2.45) is 0 Å². The number of aliphatic hydroxyl groups is 1. The van der Waals surface area contributed by atoms with Crippen molar-refractivity contribution in [3.8, 4) is 0 Å². The largest absolute Gasteiger partial charge is 0.387 e. The smallest absolute Gasteiger partial charge is 0.278 e. The number of nitro benzene ring substituents is 1. The minimum Gasteiger partial charge on any atom is -0.387 e. The number of benzene rings is 2. The number of nitrogens with one attached hydrogen (secondary N) is 1. The van der Waals surface area contributed by atoms with Gasteiger partial charge in [0.15, 0.2) is 0 Å². The highest BCUT2D eigenvalue weighted by Gasteiger charge is 2.19. The van der Waals surface area contributed by atoms with Gasteiger partial charge in [-0.05, 0) is 35.9 Å². The summed E-state index contributed by atoms with van der Waals surface area (Å²) in [6.07, 6.45) is 0.424. The van der Waals surface area contributed by atoms with Gasteiger partial charge in [-0.1, -0.05) is 12.1 Å². The summed E-state index contributed by atoms with van der Waals surface area (Å²) in [6.45, 7) is -0.101. The van der Waals surface area contributed by atoms with Crippen molar-refractivity contribution in [2.75, 3.05) is 6.54 Å². The van der Waals surface area contributed by atoms with Crippen LogP contribution in [0.1, 0.15) is 22.0 Å². The Hall–Kier alpha value is -3.39. The van der Waals surface area contributed by atoms with Crippen molar-refractivity contribution < 1.29 is 19.2 Å². The Morgan fingerprint density at radius 1 is 1.23 bits per heavy atom. The van der Waals surface area contributed by atoms with Crippen LogP contribution < -0.4 is 5.32 Å². The first-order valence-corrected chi connectivity index (χ1v) is 7.71. The molecule has 1 aromatic heterocycles. The first kappa shape index (κ1) is 17.4. The number of non-ortho nitro benzene ring substituents is 1. The van der Waals surface area contributed by atoms with E-state index in [9.17, 15) is 24.4 Å². The van der Waals surface area contributed by atoms with Crippen molar-refractivity contribution in [1.82, 2.24) is 10.3 Å². The third kappa shape index (κ3) is 3.50. The van der Waals surface area contributed by atoms with Crippen LogP contribution in [0.2, 0.25) is 0 Å². The predicted octanol–water partition coefficient (Wildman–Crippen LogP) is 2.75. The molecule has 0 saturated carbocycles. The van der Waals surface area contributed by atoms with E-state index in [4.69, 9.17) is 0 Å². The van der Waals surface area contributed by atoms with Gasteiger partial charge in [0, 0.05) is 18.8 Å². The number of nitrogens with zero attached hydrogens (tertiary/aromatic N) is 2. The van der Waals surface area contributed by atoms with Crippen LogP contribution in [0.25, 0.3) is 10.9 Å². The minimum atomic E-state index is -1.02. The fourth-order valence-electron chi connectivity index (χ4n) is 2.59. The number of halogens is 1. The van der Waals surface area contributed by atoms with Crippen LogP contribution >= 0.6 is 0 Å². The van der Waals surface area contributed by atoms with Gasteiger partial charge in [-0.2, -0.15) is 0 Å². The summed E-state index contributed by atoms with van der Waals surface area (Å²) in [6, 6.07) is 10.9. The van der Waals surface area contributed by atoms with Crippen molar-refractivity contribution in [3.63, 3.8) is 0 Å². The first-order chi connectivity index (χ1) is 12.5. The summed E-state index contributed by atoms with van der Waals surface area (Å²) in [4.78, 5) is 27.1. The van der Waals surface area contributed by atoms with Crippen LogP contribution in [-0.2, 0) is 0 Å². The van der Waals surface area contributed by atoms with Gasteiger partial charge in [-0.3, -0.25) is 19.9 Å².